The standard InChI is InChI=1S/C29H36Cl3N3O4/c1-29(2,3)20-9-11-22(12-10-20)35(28(38)34-21-15-23(30)26(32)24(31)16-21)17-18-5-7-19(8-6-18)27(37)33-14-13-25(36)39-4/h5-8,15-16,20,22H,9-14,17H2,1-4H3,(H,33,37)(H,34,38)/t20-,22-. The van der Waals surface area contributed by atoms with Crippen molar-refractivity contribution in [3.05, 3.63) is 62.6 Å². The summed E-state index contributed by atoms with van der Waals surface area (Å²) >= 11 is 18.4. The predicted octanol–water partition coefficient (Wildman–Crippen LogP) is 7.58. The largest absolute Gasteiger partial charge is 0.469 e. The van der Waals surface area contributed by atoms with Crippen LogP contribution in [0.4, 0.5) is 10.5 Å². The van der Waals surface area contributed by atoms with E-state index >= 15 is 0 Å². The van der Waals surface area contributed by atoms with Crippen molar-refractivity contribution in [2.24, 2.45) is 11.3 Å². The number of carbonyl (C=O) groups excluding carboxylic acids is 3. The molecule has 1 fully saturated rings. The number of nitrogens with zero attached hydrogens (tertiary/aromatic N) is 1. The van der Waals surface area contributed by atoms with Crippen molar-refractivity contribution in [1.82, 2.24) is 10.2 Å². The van der Waals surface area contributed by atoms with Crippen molar-refractivity contribution in [2.75, 3.05) is 19.0 Å². The lowest BCUT2D eigenvalue weighted by atomic mass is 9.71. The van der Waals surface area contributed by atoms with Gasteiger partial charge >= 0.3 is 12.0 Å². The highest BCUT2D eigenvalue weighted by Crippen LogP contribution is 2.39. The van der Waals surface area contributed by atoms with Crippen LogP contribution in [0, 0.1) is 11.3 Å². The van der Waals surface area contributed by atoms with Gasteiger partial charge in [0.15, 0.2) is 0 Å². The van der Waals surface area contributed by atoms with Crippen LogP contribution in [0.3, 0.4) is 0 Å². The summed E-state index contributed by atoms with van der Waals surface area (Å²) in [6.07, 6.45) is 3.99. The Kier molecular flexibility index (Phi) is 10.9. The van der Waals surface area contributed by atoms with E-state index < -0.39 is 0 Å². The number of esters is 1. The zero-order valence-electron chi connectivity index (χ0n) is 22.8. The minimum absolute atomic E-state index is 0.0585. The zero-order chi connectivity index (χ0) is 28.7. The summed E-state index contributed by atoms with van der Waals surface area (Å²) < 4.78 is 4.59. The maximum atomic E-state index is 13.6. The molecule has 212 valence electrons. The van der Waals surface area contributed by atoms with Crippen LogP contribution < -0.4 is 10.6 Å². The summed E-state index contributed by atoms with van der Waals surface area (Å²) in [5.74, 6) is -0.0646. The van der Waals surface area contributed by atoms with Crippen LogP contribution in [-0.2, 0) is 16.1 Å². The molecule has 2 aromatic carbocycles. The lowest BCUT2D eigenvalue weighted by molar-refractivity contribution is -0.140. The first kappa shape index (κ1) is 31.1. The first-order valence-corrected chi connectivity index (χ1v) is 14.2. The monoisotopic (exact) mass is 595 g/mol. The van der Waals surface area contributed by atoms with Gasteiger partial charge in [0.2, 0.25) is 0 Å². The minimum atomic E-state index is -0.385. The van der Waals surface area contributed by atoms with Gasteiger partial charge in [0, 0.05) is 30.4 Å². The van der Waals surface area contributed by atoms with Crippen molar-refractivity contribution in [3.63, 3.8) is 0 Å². The molecule has 2 aromatic rings. The van der Waals surface area contributed by atoms with Crippen LogP contribution in [0.5, 0.6) is 0 Å². The quantitative estimate of drug-likeness (QED) is 0.243. The van der Waals surface area contributed by atoms with Gasteiger partial charge in [-0.25, -0.2) is 4.79 Å². The number of anilines is 1. The van der Waals surface area contributed by atoms with Gasteiger partial charge < -0.3 is 20.3 Å². The number of halogens is 3. The summed E-state index contributed by atoms with van der Waals surface area (Å²) in [6.45, 7) is 7.37. The van der Waals surface area contributed by atoms with E-state index in [4.69, 9.17) is 34.8 Å². The zero-order valence-corrected chi connectivity index (χ0v) is 25.1. The summed E-state index contributed by atoms with van der Waals surface area (Å²) in [7, 11) is 1.31. The van der Waals surface area contributed by atoms with Crippen LogP contribution >= 0.6 is 34.8 Å². The number of ether oxygens (including phenoxy) is 1. The summed E-state index contributed by atoms with van der Waals surface area (Å²) in [5.41, 5.74) is 2.05. The number of hydrogen-bond acceptors (Lipinski definition) is 4. The third-order valence-electron chi connectivity index (χ3n) is 7.27. The Morgan fingerprint density at radius 1 is 0.974 bits per heavy atom. The molecule has 1 aliphatic rings. The first-order valence-electron chi connectivity index (χ1n) is 13.0. The summed E-state index contributed by atoms with van der Waals surface area (Å²) in [4.78, 5) is 39.1. The third kappa shape index (κ3) is 8.75. The predicted molar refractivity (Wildman–Crippen MR) is 157 cm³/mol. The molecular formula is C29H36Cl3N3O4. The molecule has 0 aliphatic heterocycles. The Balaban J connectivity index is 1.74. The van der Waals surface area contributed by atoms with Crippen molar-refractivity contribution in [1.29, 1.82) is 0 Å². The molecule has 1 aliphatic carbocycles. The van der Waals surface area contributed by atoms with E-state index in [0.29, 0.717) is 23.7 Å². The molecule has 0 spiro atoms. The highest BCUT2D eigenvalue weighted by Gasteiger charge is 2.34. The molecule has 0 bridgehead atoms. The smallest absolute Gasteiger partial charge is 0.322 e. The van der Waals surface area contributed by atoms with Gasteiger partial charge in [-0.2, -0.15) is 0 Å². The molecule has 3 rings (SSSR count). The first-order chi connectivity index (χ1) is 18.4. The second-order valence-electron chi connectivity index (χ2n) is 11.0. The van der Waals surface area contributed by atoms with Crippen LogP contribution in [0.15, 0.2) is 36.4 Å². The van der Waals surface area contributed by atoms with Gasteiger partial charge in [-0.1, -0.05) is 67.7 Å². The fourth-order valence-electron chi connectivity index (χ4n) is 4.88. The van der Waals surface area contributed by atoms with E-state index in [9.17, 15) is 14.4 Å². The number of amides is 3. The van der Waals surface area contributed by atoms with Crippen LogP contribution in [0.25, 0.3) is 0 Å². The molecule has 10 heteroatoms. The number of urea groups is 1. The van der Waals surface area contributed by atoms with E-state index in [0.717, 1.165) is 31.2 Å². The topological polar surface area (TPSA) is 87.7 Å². The second kappa shape index (κ2) is 13.7. The van der Waals surface area contributed by atoms with E-state index in [1.54, 1.807) is 24.3 Å². The van der Waals surface area contributed by atoms with Gasteiger partial charge in [-0.15, -0.1) is 0 Å². The van der Waals surface area contributed by atoms with Gasteiger partial charge in [0.05, 0.1) is 28.6 Å². The van der Waals surface area contributed by atoms with Crippen molar-refractivity contribution >= 4 is 58.4 Å². The molecule has 0 heterocycles. The normalized spacial score (nSPS) is 17.3. The molecule has 0 radical (unpaired) electrons. The van der Waals surface area contributed by atoms with Crippen molar-refractivity contribution < 1.29 is 19.1 Å². The van der Waals surface area contributed by atoms with Crippen LogP contribution in [0.2, 0.25) is 15.1 Å². The molecule has 2 N–H and O–H groups in total. The van der Waals surface area contributed by atoms with E-state index in [1.807, 2.05) is 17.0 Å². The van der Waals surface area contributed by atoms with E-state index in [2.05, 4.69) is 36.1 Å². The van der Waals surface area contributed by atoms with Gasteiger partial charge in [-0.3, -0.25) is 9.59 Å². The second-order valence-corrected chi connectivity index (χ2v) is 12.2. The van der Waals surface area contributed by atoms with Gasteiger partial charge in [0.25, 0.3) is 5.91 Å². The summed E-state index contributed by atoms with van der Waals surface area (Å²) in [6, 6.07) is 10.1. The number of methoxy groups -OCH3 is 1. The number of nitrogens with one attached hydrogen (secondary N) is 2. The molecule has 7 nitrogen and oxygen atoms in total. The average molecular weight is 597 g/mol. The van der Waals surface area contributed by atoms with Crippen molar-refractivity contribution in [3.8, 4) is 0 Å². The lowest BCUT2D eigenvalue weighted by Crippen LogP contribution is -2.45. The Labute approximate surface area is 245 Å². The molecule has 39 heavy (non-hydrogen) atoms. The Morgan fingerprint density at radius 3 is 2.10 bits per heavy atom. The van der Waals surface area contributed by atoms with E-state index in [-0.39, 0.29) is 57.4 Å². The number of rotatable bonds is 8. The molecule has 3 amide bonds. The fourth-order valence-corrected chi connectivity index (χ4v) is 5.48. The van der Waals surface area contributed by atoms with E-state index in [1.165, 1.54) is 7.11 Å². The fraction of sp³-hybridized carbons (Fsp3) is 0.483. The Bertz CT molecular complexity index is 1150. The molecule has 0 aromatic heterocycles. The maximum absolute atomic E-state index is 13.6. The van der Waals surface area contributed by atoms with Gasteiger partial charge in [0.1, 0.15) is 0 Å². The third-order valence-corrected chi connectivity index (χ3v) is 8.47. The minimum Gasteiger partial charge on any atom is -0.469 e. The number of hydrogen-bond donors (Lipinski definition) is 2. The molecule has 0 atom stereocenters. The summed E-state index contributed by atoms with van der Waals surface area (Å²) in [5, 5.41) is 6.40. The van der Waals surface area contributed by atoms with Crippen LogP contribution in [0.1, 0.15) is 68.8 Å². The SMILES string of the molecule is COC(=O)CCNC(=O)c1ccc(CN(C(=O)Nc2cc(Cl)c(Cl)c(Cl)c2)[C@H]2CC[C@H](C(C)(C)C)CC2)cc1. The molecule has 0 saturated heterocycles. The van der Waals surface area contributed by atoms with Crippen molar-refractivity contribution in [2.45, 2.75) is 65.5 Å². The highest BCUT2D eigenvalue weighted by molar-refractivity contribution is 6.48. The Morgan fingerprint density at radius 2 is 1.56 bits per heavy atom. The molecule has 0 unspecified atom stereocenters. The maximum Gasteiger partial charge on any atom is 0.322 e. The molecular weight excluding hydrogens is 561 g/mol. The average Bonchev–Trinajstić information content (AvgIpc) is 2.90. The number of benzene rings is 2. The Hall–Kier alpha value is -2.48. The lowest BCUT2D eigenvalue weighted by Gasteiger charge is -2.41. The number of carbonyl (C=O) groups is 3. The van der Waals surface area contributed by atoms with Crippen LogP contribution in [-0.4, -0.2) is 42.5 Å². The highest BCUT2D eigenvalue weighted by atomic mass is 35.5. The molecule has 1 saturated carbocycles. The van der Waals surface area contributed by atoms with Gasteiger partial charge in [-0.05, 0) is 66.8 Å².